The van der Waals surface area contributed by atoms with Gasteiger partial charge < -0.3 is 10.6 Å². The number of benzene rings is 1. The molecule has 6 nitrogen and oxygen atoms in total. The van der Waals surface area contributed by atoms with Crippen molar-refractivity contribution in [2.75, 3.05) is 10.6 Å². The Bertz CT molecular complexity index is 860. The molecule has 2 N–H and O–H groups in total. The summed E-state index contributed by atoms with van der Waals surface area (Å²) < 4.78 is 4.08. The second-order valence-corrected chi connectivity index (χ2v) is 5.67. The minimum Gasteiger partial charge on any atom is -0.322 e. The van der Waals surface area contributed by atoms with Gasteiger partial charge in [0.05, 0.1) is 23.1 Å². The molecule has 0 radical (unpaired) electrons. The number of aromatic nitrogens is 2. The van der Waals surface area contributed by atoms with Crippen LogP contribution in [-0.2, 0) is 0 Å². The largest absolute Gasteiger partial charge is 0.322 e. The number of amides is 2. The van der Waals surface area contributed by atoms with Gasteiger partial charge in [0, 0.05) is 22.8 Å². The van der Waals surface area contributed by atoms with Crippen LogP contribution in [0.25, 0.3) is 0 Å². The van der Waals surface area contributed by atoms with Gasteiger partial charge >= 0.3 is 0 Å². The molecular weight excluding hydrogens is 324 g/mol. The molecule has 0 fully saturated rings. The number of pyridine rings is 1. The van der Waals surface area contributed by atoms with E-state index in [1.807, 2.05) is 0 Å². The lowest BCUT2D eigenvalue weighted by Crippen LogP contribution is -2.14. The highest BCUT2D eigenvalue weighted by atomic mass is 32.1. The molecule has 0 atom stereocenters. The van der Waals surface area contributed by atoms with E-state index < -0.39 is 0 Å². The second-order valence-electron chi connectivity index (χ2n) is 5.04. The molecule has 2 amide bonds. The molecule has 3 aromatic rings. The molecule has 3 rings (SSSR count). The van der Waals surface area contributed by atoms with Gasteiger partial charge in [0.2, 0.25) is 0 Å². The van der Waals surface area contributed by atoms with E-state index in [1.165, 1.54) is 11.5 Å². The van der Waals surface area contributed by atoms with Gasteiger partial charge in [-0.05, 0) is 54.9 Å². The number of hydrogen-bond acceptors (Lipinski definition) is 5. The summed E-state index contributed by atoms with van der Waals surface area (Å²) in [5.41, 5.74) is 2.98. The predicted octanol–water partition coefficient (Wildman–Crippen LogP) is 3.35. The van der Waals surface area contributed by atoms with Crippen molar-refractivity contribution in [1.82, 2.24) is 9.36 Å². The number of hydrogen-bond donors (Lipinski definition) is 2. The smallest absolute Gasteiger partial charge is 0.258 e. The van der Waals surface area contributed by atoms with Gasteiger partial charge in [0.15, 0.2) is 0 Å². The Labute approximate surface area is 142 Å². The average molecular weight is 338 g/mol. The van der Waals surface area contributed by atoms with Crippen LogP contribution in [0.2, 0.25) is 0 Å². The number of nitrogens with zero attached hydrogens (tertiary/aromatic N) is 2. The van der Waals surface area contributed by atoms with Crippen LogP contribution in [0.3, 0.4) is 0 Å². The van der Waals surface area contributed by atoms with Gasteiger partial charge in [-0.15, -0.1) is 0 Å². The fourth-order valence-electron chi connectivity index (χ4n) is 2.05. The average Bonchev–Trinajstić information content (AvgIpc) is 3.02. The molecule has 0 aliphatic heterocycles. The molecule has 2 aromatic heterocycles. The third-order valence-corrected chi connectivity index (χ3v) is 4.04. The molecule has 0 saturated heterocycles. The molecule has 7 heteroatoms. The molecule has 0 saturated carbocycles. The minimum atomic E-state index is -0.237. The Morgan fingerprint density at radius 1 is 1.00 bits per heavy atom. The summed E-state index contributed by atoms with van der Waals surface area (Å²) in [4.78, 5) is 28.2. The van der Waals surface area contributed by atoms with Crippen molar-refractivity contribution in [2.24, 2.45) is 0 Å². The summed E-state index contributed by atoms with van der Waals surface area (Å²) in [6.07, 6.45) is 3.21. The molecule has 0 spiro atoms. The number of nitrogens with one attached hydrogen (secondary N) is 2. The Morgan fingerprint density at radius 2 is 1.75 bits per heavy atom. The summed E-state index contributed by atoms with van der Waals surface area (Å²) in [5, 5.41) is 7.25. The van der Waals surface area contributed by atoms with E-state index in [4.69, 9.17) is 0 Å². The Balaban J connectivity index is 1.66. The van der Waals surface area contributed by atoms with Crippen molar-refractivity contribution in [3.8, 4) is 0 Å². The molecule has 120 valence electrons. The van der Waals surface area contributed by atoms with Crippen LogP contribution in [-0.4, -0.2) is 21.2 Å². The number of rotatable bonds is 4. The van der Waals surface area contributed by atoms with E-state index in [0.29, 0.717) is 28.2 Å². The number of carbonyl (C=O) groups is 2. The lowest BCUT2D eigenvalue weighted by molar-refractivity contribution is 0.101. The summed E-state index contributed by atoms with van der Waals surface area (Å²) in [6, 6.07) is 10.2. The van der Waals surface area contributed by atoms with Crippen LogP contribution < -0.4 is 10.6 Å². The highest BCUT2D eigenvalue weighted by Gasteiger charge is 2.12. The molecule has 0 unspecified atom stereocenters. The Morgan fingerprint density at radius 3 is 2.38 bits per heavy atom. The molecule has 1 aromatic carbocycles. The zero-order valence-corrected chi connectivity index (χ0v) is 13.6. The van der Waals surface area contributed by atoms with Crippen LogP contribution in [0.1, 0.15) is 26.4 Å². The summed E-state index contributed by atoms with van der Waals surface area (Å²) in [6.45, 7) is 1.79. The van der Waals surface area contributed by atoms with E-state index in [-0.39, 0.29) is 11.8 Å². The van der Waals surface area contributed by atoms with E-state index in [0.717, 1.165) is 0 Å². The Hall–Kier alpha value is -3.06. The summed E-state index contributed by atoms with van der Waals surface area (Å²) >= 11 is 1.24. The zero-order valence-electron chi connectivity index (χ0n) is 12.8. The van der Waals surface area contributed by atoms with Crippen LogP contribution in [0.4, 0.5) is 11.4 Å². The lowest BCUT2D eigenvalue weighted by Gasteiger charge is -2.07. The maximum absolute atomic E-state index is 12.1. The van der Waals surface area contributed by atoms with Gasteiger partial charge in [-0.1, -0.05) is 0 Å². The van der Waals surface area contributed by atoms with Crippen molar-refractivity contribution < 1.29 is 9.59 Å². The van der Waals surface area contributed by atoms with Crippen molar-refractivity contribution in [3.05, 3.63) is 71.0 Å². The standard InChI is InChI=1S/C17H14N4O2S/c1-11-15(10-24-21-11)17(23)19-13-6-4-12(5-7-13)16(22)20-14-3-2-8-18-9-14/h2-10H,1H3,(H,19,23)(H,20,22). The third kappa shape index (κ3) is 3.64. The maximum Gasteiger partial charge on any atom is 0.258 e. The number of anilines is 2. The zero-order chi connectivity index (χ0) is 16.9. The minimum absolute atomic E-state index is 0.214. The first kappa shape index (κ1) is 15.8. The highest BCUT2D eigenvalue weighted by Crippen LogP contribution is 2.15. The quantitative estimate of drug-likeness (QED) is 0.764. The number of carbonyl (C=O) groups excluding carboxylic acids is 2. The van der Waals surface area contributed by atoms with Crippen molar-refractivity contribution in [3.63, 3.8) is 0 Å². The van der Waals surface area contributed by atoms with Crippen molar-refractivity contribution in [2.45, 2.75) is 6.92 Å². The summed E-state index contributed by atoms with van der Waals surface area (Å²) in [7, 11) is 0. The van der Waals surface area contributed by atoms with Gasteiger partial charge in [-0.3, -0.25) is 14.6 Å². The monoisotopic (exact) mass is 338 g/mol. The molecule has 0 bridgehead atoms. The van der Waals surface area contributed by atoms with Crippen LogP contribution in [0.5, 0.6) is 0 Å². The third-order valence-electron chi connectivity index (χ3n) is 3.32. The second kappa shape index (κ2) is 7.01. The lowest BCUT2D eigenvalue weighted by atomic mass is 10.2. The fourth-order valence-corrected chi connectivity index (χ4v) is 2.75. The van der Waals surface area contributed by atoms with E-state index in [2.05, 4.69) is 20.0 Å². The first-order chi connectivity index (χ1) is 11.6. The molecule has 0 aliphatic rings. The topological polar surface area (TPSA) is 84.0 Å². The first-order valence-electron chi connectivity index (χ1n) is 7.17. The van der Waals surface area contributed by atoms with Crippen LogP contribution >= 0.6 is 11.5 Å². The van der Waals surface area contributed by atoms with Gasteiger partial charge in [0.25, 0.3) is 11.8 Å². The van der Waals surface area contributed by atoms with Crippen molar-refractivity contribution >= 4 is 34.7 Å². The Kier molecular flexibility index (Phi) is 4.62. The number of aryl methyl sites for hydroxylation is 1. The molecule has 2 heterocycles. The van der Waals surface area contributed by atoms with E-state index in [9.17, 15) is 9.59 Å². The van der Waals surface area contributed by atoms with Crippen LogP contribution in [0.15, 0.2) is 54.2 Å². The predicted molar refractivity (Wildman–Crippen MR) is 93.4 cm³/mol. The normalized spacial score (nSPS) is 10.2. The van der Waals surface area contributed by atoms with Gasteiger partial charge in [0.1, 0.15) is 0 Å². The SMILES string of the molecule is Cc1nscc1C(=O)Nc1ccc(C(=O)Nc2cccnc2)cc1. The van der Waals surface area contributed by atoms with E-state index in [1.54, 1.807) is 61.1 Å². The summed E-state index contributed by atoms with van der Waals surface area (Å²) in [5.74, 6) is -0.451. The van der Waals surface area contributed by atoms with Crippen molar-refractivity contribution in [1.29, 1.82) is 0 Å². The highest BCUT2D eigenvalue weighted by molar-refractivity contribution is 7.04. The van der Waals surface area contributed by atoms with Crippen LogP contribution in [0, 0.1) is 6.92 Å². The molecule has 0 aliphatic carbocycles. The maximum atomic E-state index is 12.1. The van der Waals surface area contributed by atoms with E-state index >= 15 is 0 Å². The first-order valence-corrected chi connectivity index (χ1v) is 8.01. The van der Waals surface area contributed by atoms with Gasteiger partial charge in [-0.2, -0.15) is 4.37 Å². The van der Waals surface area contributed by atoms with Gasteiger partial charge in [-0.25, -0.2) is 0 Å². The molecular formula is C17H14N4O2S. The molecule has 24 heavy (non-hydrogen) atoms. The fraction of sp³-hybridized carbons (Fsp3) is 0.0588.